The van der Waals surface area contributed by atoms with Crippen molar-refractivity contribution < 1.29 is 0 Å². The van der Waals surface area contributed by atoms with Gasteiger partial charge in [-0.05, 0) is 37.0 Å². The zero-order chi connectivity index (χ0) is 13.9. The van der Waals surface area contributed by atoms with Gasteiger partial charge in [-0.2, -0.15) is 0 Å². The highest BCUT2D eigenvalue weighted by Crippen LogP contribution is 2.40. The summed E-state index contributed by atoms with van der Waals surface area (Å²) in [6, 6.07) is 21.7. The number of rotatable bonds is 3. The van der Waals surface area contributed by atoms with Crippen molar-refractivity contribution in [3.8, 4) is 0 Å². The number of hydrogen-bond donors (Lipinski definition) is 0. The van der Waals surface area contributed by atoms with Gasteiger partial charge < -0.3 is 0 Å². The third-order valence-corrected chi connectivity index (χ3v) is 4.32. The van der Waals surface area contributed by atoms with Crippen molar-refractivity contribution >= 4 is 0 Å². The van der Waals surface area contributed by atoms with Crippen LogP contribution in [0.15, 0.2) is 83.5 Å². The van der Waals surface area contributed by atoms with Gasteiger partial charge in [0.05, 0.1) is 0 Å². The average molecular weight is 260 g/mol. The van der Waals surface area contributed by atoms with E-state index in [1.54, 1.807) is 5.57 Å². The van der Waals surface area contributed by atoms with Crippen molar-refractivity contribution in [3.05, 3.63) is 94.6 Å². The Bertz CT molecular complexity index is 605. The Morgan fingerprint density at radius 2 is 1.25 bits per heavy atom. The van der Waals surface area contributed by atoms with Gasteiger partial charge in [0.1, 0.15) is 0 Å². The zero-order valence-corrected chi connectivity index (χ0v) is 12.1. The van der Waals surface area contributed by atoms with Crippen molar-refractivity contribution in [2.75, 3.05) is 0 Å². The van der Waals surface area contributed by atoms with E-state index in [1.165, 1.54) is 22.3 Å². The molecule has 0 aromatic heterocycles. The SMILES string of the molecule is CC1=CCC(C(c2ccccc2)c2ccccc2)=C1C. The second-order valence-electron chi connectivity index (χ2n) is 5.50. The van der Waals surface area contributed by atoms with Gasteiger partial charge in [0.15, 0.2) is 0 Å². The van der Waals surface area contributed by atoms with Crippen molar-refractivity contribution in [1.29, 1.82) is 0 Å². The molecule has 2 aromatic rings. The highest BCUT2D eigenvalue weighted by molar-refractivity contribution is 5.50. The first kappa shape index (κ1) is 12.9. The maximum Gasteiger partial charge on any atom is 0.0307 e. The highest BCUT2D eigenvalue weighted by atomic mass is 14.3. The Morgan fingerprint density at radius 3 is 1.65 bits per heavy atom. The summed E-state index contributed by atoms with van der Waals surface area (Å²) in [5, 5.41) is 0. The van der Waals surface area contributed by atoms with Gasteiger partial charge in [0.25, 0.3) is 0 Å². The summed E-state index contributed by atoms with van der Waals surface area (Å²) < 4.78 is 0. The normalized spacial score (nSPS) is 14.8. The van der Waals surface area contributed by atoms with E-state index in [1.807, 2.05) is 0 Å². The molecule has 1 aliphatic rings. The molecule has 0 fully saturated rings. The molecule has 20 heavy (non-hydrogen) atoms. The van der Waals surface area contributed by atoms with Gasteiger partial charge in [-0.1, -0.05) is 77.9 Å². The first-order chi connectivity index (χ1) is 9.77. The van der Waals surface area contributed by atoms with Crippen molar-refractivity contribution in [2.24, 2.45) is 0 Å². The highest BCUT2D eigenvalue weighted by Gasteiger charge is 2.23. The van der Waals surface area contributed by atoms with Crippen molar-refractivity contribution in [2.45, 2.75) is 26.2 Å². The minimum Gasteiger partial charge on any atom is -0.0772 e. The first-order valence-electron chi connectivity index (χ1n) is 7.24. The molecule has 1 aliphatic carbocycles. The Hall–Kier alpha value is -2.08. The smallest absolute Gasteiger partial charge is 0.0307 e. The molecule has 0 unspecified atom stereocenters. The van der Waals surface area contributed by atoms with E-state index in [2.05, 4.69) is 80.6 Å². The van der Waals surface area contributed by atoms with Crippen molar-refractivity contribution in [3.63, 3.8) is 0 Å². The molecule has 0 atom stereocenters. The van der Waals surface area contributed by atoms with Crippen LogP contribution >= 0.6 is 0 Å². The van der Waals surface area contributed by atoms with Crippen LogP contribution in [0.25, 0.3) is 0 Å². The van der Waals surface area contributed by atoms with E-state index in [0.717, 1.165) is 6.42 Å². The summed E-state index contributed by atoms with van der Waals surface area (Å²) >= 11 is 0. The van der Waals surface area contributed by atoms with E-state index < -0.39 is 0 Å². The van der Waals surface area contributed by atoms with Crippen LogP contribution in [-0.2, 0) is 0 Å². The van der Waals surface area contributed by atoms with Crippen LogP contribution in [-0.4, -0.2) is 0 Å². The van der Waals surface area contributed by atoms with Crippen LogP contribution in [0.4, 0.5) is 0 Å². The van der Waals surface area contributed by atoms with Crippen LogP contribution in [0.5, 0.6) is 0 Å². The molecule has 3 rings (SSSR count). The molecule has 0 heterocycles. The largest absolute Gasteiger partial charge is 0.0772 e. The molecule has 0 amide bonds. The fourth-order valence-electron chi connectivity index (χ4n) is 3.04. The van der Waals surface area contributed by atoms with Gasteiger partial charge >= 0.3 is 0 Å². The molecule has 0 heteroatoms. The van der Waals surface area contributed by atoms with Gasteiger partial charge in [-0.3, -0.25) is 0 Å². The molecular weight excluding hydrogens is 240 g/mol. The lowest BCUT2D eigenvalue weighted by molar-refractivity contribution is 0.907. The van der Waals surface area contributed by atoms with Crippen LogP contribution in [0, 0.1) is 0 Å². The summed E-state index contributed by atoms with van der Waals surface area (Å²) in [6.45, 7) is 4.47. The van der Waals surface area contributed by atoms with E-state index in [4.69, 9.17) is 0 Å². The second kappa shape index (κ2) is 5.50. The van der Waals surface area contributed by atoms with Gasteiger partial charge in [-0.15, -0.1) is 0 Å². The third-order valence-electron chi connectivity index (χ3n) is 4.32. The summed E-state index contributed by atoms with van der Waals surface area (Å²) in [6.07, 6.45) is 3.43. The minimum atomic E-state index is 0.381. The van der Waals surface area contributed by atoms with E-state index >= 15 is 0 Å². The lowest BCUT2D eigenvalue weighted by atomic mass is 9.82. The molecule has 0 N–H and O–H groups in total. The lowest BCUT2D eigenvalue weighted by Gasteiger charge is -2.21. The number of allylic oxidation sites excluding steroid dienone is 4. The Kier molecular flexibility index (Phi) is 3.56. The molecule has 0 spiro atoms. The third kappa shape index (κ3) is 2.34. The molecule has 0 aliphatic heterocycles. The predicted molar refractivity (Wildman–Crippen MR) is 85.8 cm³/mol. The lowest BCUT2D eigenvalue weighted by Crippen LogP contribution is -2.05. The van der Waals surface area contributed by atoms with Crippen LogP contribution in [0.3, 0.4) is 0 Å². The summed E-state index contributed by atoms with van der Waals surface area (Å²) in [5.41, 5.74) is 7.20. The fourth-order valence-corrected chi connectivity index (χ4v) is 3.04. The van der Waals surface area contributed by atoms with Gasteiger partial charge in [0, 0.05) is 5.92 Å². The topological polar surface area (TPSA) is 0 Å². The average Bonchev–Trinajstić information content (AvgIpc) is 2.82. The monoisotopic (exact) mass is 260 g/mol. The van der Waals surface area contributed by atoms with Crippen LogP contribution in [0.2, 0.25) is 0 Å². The van der Waals surface area contributed by atoms with Gasteiger partial charge in [-0.25, -0.2) is 0 Å². The molecule has 0 nitrogen and oxygen atoms in total. The minimum absolute atomic E-state index is 0.381. The second-order valence-corrected chi connectivity index (χ2v) is 5.50. The molecule has 2 aromatic carbocycles. The summed E-state index contributed by atoms with van der Waals surface area (Å²) in [7, 11) is 0. The van der Waals surface area contributed by atoms with Crippen LogP contribution < -0.4 is 0 Å². The maximum atomic E-state index is 2.35. The Balaban J connectivity index is 2.11. The maximum absolute atomic E-state index is 2.35. The van der Waals surface area contributed by atoms with Crippen LogP contribution in [0.1, 0.15) is 37.3 Å². The van der Waals surface area contributed by atoms with E-state index in [-0.39, 0.29) is 0 Å². The molecule has 0 saturated carbocycles. The molecule has 100 valence electrons. The van der Waals surface area contributed by atoms with Crippen molar-refractivity contribution in [1.82, 2.24) is 0 Å². The molecular formula is C20H20. The molecule has 0 saturated heterocycles. The Labute approximate surface area is 121 Å². The fraction of sp³-hybridized carbons (Fsp3) is 0.200. The molecule has 0 radical (unpaired) electrons. The number of hydrogen-bond acceptors (Lipinski definition) is 0. The zero-order valence-electron chi connectivity index (χ0n) is 12.1. The van der Waals surface area contributed by atoms with E-state index in [0.29, 0.717) is 5.92 Å². The summed E-state index contributed by atoms with van der Waals surface area (Å²) in [4.78, 5) is 0. The Morgan fingerprint density at radius 1 is 0.750 bits per heavy atom. The number of benzene rings is 2. The molecule has 0 bridgehead atoms. The summed E-state index contributed by atoms with van der Waals surface area (Å²) in [5.74, 6) is 0.381. The van der Waals surface area contributed by atoms with Gasteiger partial charge in [0.2, 0.25) is 0 Å². The quantitative estimate of drug-likeness (QED) is 0.685. The first-order valence-corrected chi connectivity index (χ1v) is 7.24. The van der Waals surface area contributed by atoms with E-state index in [9.17, 15) is 0 Å². The predicted octanol–water partition coefficient (Wildman–Crippen LogP) is 5.49. The standard InChI is InChI=1S/C20H20/c1-15-13-14-19(16(15)2)20(17-9-5-3-6-10-17)18-11-7-4-8-12-18/h3-13,20H,14H2,1-2H3.